The molecule has 0 saturated heterocycles. The Morgan fingerprint density at radius 1 is 1.35 bits per heavy atom. The van der Waals surface area contributed by atoms with Crippen LogP contribution in [0.5, 0.6) is 0 Å². The van der Waals surface area contributed by atoms with Crippen LogP contribution in [0, 0.1) is 5.82 Å². The lowest BCUT2D eigenvalue weighted by molar-refractivity contribution is 0.0614. The first-order valence-electron chi connectivity index (χ1n) is 5.20. The predicted molar refractivity (Wildman–Crippen MR) is 69.0 cm³/mol. The van der Waals surface area contributed by atoms with Crippen LogP contribution >= 0.6 is 22.9 Å². The molecule has 2 aromatic rings. The molecular weight excluding hydrogens is 259 g/mol. The van der Waals surface area contributed by atoms with Crippen molar-refractivity contribution in [2.45, 2.75) is 18.9 Å². The van der Waals surface area contributed by atoms with Gasteiger partial charge in [-0.1, -0.05) is 23.7 Å². The molecule has 0 radical (unpaired) electrons. The second-order valence-electron chi connectivity index (χ2n) is 4.18. The van der Waals surface area contributed by atoms with Crippen molar-refractivity contribution in [3.05, 3.63) is 57.0 Å². The first-order valence-corrected chi connectivity index (χ1v) is 6.39. The average molecular weight is 271 g/mol. The van der Waals surface area contributed by atoms with Gasteiger partial charge in [0.25, 0.3) is 0 Å². The first-order chi connectivity index (χ1) is 7.97. The predicted octanol–water partition coefficient (Wildman–Crippen LogP) is 3.99. The summed E-state index contributed by atoms with van der Waals surface area (Å²) in [5.41, 5.74) is -0.259. The summed E-state index contributed by atoms with van der Waals surface area (Å²) in [7, 11) is 0. The number of hydrogen-bond donors (Lipinski definition) is 1. The van der Waals surface area contributed by atoms with E-state index in [2.05, 4.69) is 0 Å². The highest BCUT2D eigenvalue weighted by Gasteiger charge is 2.25. The Bertz CT molecular complexity index is 522. The van der Waals surface area contributed by atoms with Gasteiger partial charge >= 0.3 is 0 Å². The highest BCUT2D eigenvalue weighted by Crippen LogP contribution is 2.33. The highest BCUT2D eigenvalue weighted by atomic mass is 35.5. The van der Waals surface area contributed by atoms with Gasteiger partial charge in [-0.3, -0.25) is 0 Å². The van der Waals surface area contributed by atoms with E-state index in [1.165, 1.54) is 23.5 Å². The Labute approximate surface area is 108 Å². The van der Waals surface area contributed by atoms with E-state index in [1.54, 1.807) is 31.2 Å². The molecule has 1 aromatic carbocycles. The zero-order valence-electron chi connectivity index (χ0n) is 9.28. The largest absolute Gasteiger partial charge is 0.384 e. The van der Waals surface area contributed by atoms with Gasteiger partial charge in [0, 0.05) is 11.3 Å². The molecule has 1 unspecified atom stereocenters. The number of halogens is 2. The maximum atomic E-state index is 13.0. The average Bonchev–Trinajstić information content (AvgIpc) is 2.65. The molecule has 0 spiro atoms. The molecule has 90 valence electrons. The van der Waals surface area contributed by atoms with E-state index in [9.17, 15) is 9.50 Å². The third-order valence-corrected chi connectivity index (χ3v) is 4.03. The molecule has 1 atom stereocenters. The normalized spacial score (nSPS) is 14.6. The molecule has 0 aliphatic rings. The number of hydrogen-bond acceptors (Lipinski definition) is 2. The molecule has 1 nitrogen and oxygen atoms in total. The molecule has 2 rings (SSSR count). The van der Waals surface area contributed by atoms with Crippen molar-refractivity contribution in [2.75, 3.05) is 0 Å². The van der Waals surface area contributed by atoms with E-state index in [1.807, 2.05) is 0 Å². The molecular formula is C13H12ClFOS. The number of rotatable bonds is 3. The van der Waals surface area contributed by atoms with Crippen molar-refractivity contribution >= 4 is 22.9 Å². The van der Waals surface area contributed by atoms with Crippen LogP contribution in [0.15, 0.2) is 36.4 Å². The summed E-state index contributed by atoms with van der Waals surface area (Å²) in [6, 6.07) is 9.81. The highest BCUT2D eigenvalue weighted by molar-refractivity contribution is 7.16. The van der Waals surface area contributed by atoms with E-state index in [0.717, 1.165) is 10.4 Å². The molecule has 17 heavy (non-hydrogen) atoms. The van der Waals surface area contributed by atoms with Crippen molar-refractivity contribution < 1.29 is 9.50 Å². The standard InChI is InChI=1S/C13H12ClFOS/c1-13(16,11-5-6-12(14)17-11)8-9-3-2-4-10(15)7-9/h2-7,16H,8H2,1H3. The fourth-order valence-electron chi connectivity index (χ4n) is 1.74. The maximum absolute atomic E-state index is 13.0. The second-order valence-corrected chi connectivity index (χ2v) is 5.90. The SMILES string of the molecule is CC(O)(Cc1cccc(F)c1)c1ccc(Cl)s1. The van der Waals surface area contributed by atoms with Crippen molar-refractivity contribution in [1.29, 1.82) is 0 Å². The lowest BCUT2D eigenvalue weighted by Gasteiger charge is -2.21. The summed E-state index contributed by atoms with van der Waals surface area (Å²) in [6.45, 7) is 1.71. The quantitative estimate of drug-likeness (QED) is 0.894. The summed E-state index contributed by atoms with van der Waals surface area (Å²) in [4.78, 5) is 0.784. The Balaban J connectivity index is 2.22. The van der Waals surface area contributed by atoms with E-state index >= 15 is 0 Å². The van der Waals surface area contributed by atoms with Gasteiger partial charge < -0.3 is 5.11 Å². The Kier molecular flexibility index (Phi) is 3.52. The second kappa shape index (κ2) is 4.77. The lowest BCUT2D eigenvalue weighted by Crippen LogP contribution is -2.22. The molecule has 1 heterocycles. The van der Waals surface area contributed by atoms with Gasteiger partial charge in [0.1, 0.15) is 11.4 Å². The molecule has 0 aliphatic carbocycles. The third-order valence-electron chi connectivity index (χ3n) is 2.54. The van der Waals surface area contributed by atoms with Crippen molar-refractivity contribution in [1.82, 2.24) is 0 Å². The maximum Gasteiger partial charge on any atom is 0.123 e. The van der Waals surface area contributed by atoms with Gasteiger partial charge in [-0.15, -0.1) is 11.3 Å². The summed E-state index contributed by atoms with van der Waals surface area (Å²) in [5, 5.41) is 10.4. The van der Waals surface area contributed by atoms with Crippen LogP contribution in [0.1, 0.15) is 17.4 Å². The van der Waals surface area contributed by atoms with E-state index in [4.69, 9.17) is 11.6 Å². The van der Waals surface area contributed by atoms with Crippen molar-refractivity contribution in [3.8, 4) is 0 Å². The van der Waals surface area contributed by atoms with Crippen LogP contribution in [0.2, 0.25) is 4.34 Å². The minimum absolute atomic E-state index is 0.289. The molecule has 1 N–H and O–H groups in total. The molecule has 0 amide bonds. The van der Waals surface area contributed by atoms with Gasteiger partial charge in [-0.25, -0.2) is 4.39 Å². The topological polar surface area (TPSA) is 20.2 Å². The van der Waals surface area contributed by atoms with Crippen molar-refractivity contribution in [2.24, 2.45) is 0 Å². The van der Waals surface area contributed by atoms with Crippen LogP contribution in [-0.2, 0) is 12.0 Å². The van der Waals surface area contributed by atoms with Gasteiger partial charge in [-0.2, -0.15) is 0 Å². The van der Waals surface area contributed by atoms with E-state index < -0.39 is 5.60 Å². The van der Waals surface area contributed by atoms with Crippen LogP contribution < -0.4 is 0 Å². The summed E-state index contributed by atoms with van der Waals surface area (Å²) in [6.07, 6.45) is 0.363. The molecule has 0 aliphatic heterocycles. The molecule has 0 bridgehead atoms. The zero-order chi connectivity index (χ0) is 12.5. The van der Waals surface area contributed by atoms with Crippen LogP contribution in [0.4, 0.5) is 4.39 Å². The molecule has 0 fully saturated rings. The first kappa shape index (κ1) is 12.6. The Hall–Kier alpha value is -0.900. The fraction of sp³-hybridized carbons (Fsp3) is 0.231. The summed E-state index contributed by atoms with van der Waals surface area (Å²) < 4.78 is 13.7. The zero-order valence-corrected chi connectivity index (χ0v) is 10.9. The lowest BCUT2D eigenvalue weighted by atomic mass is 9.95. The van der Waals surface area contributed by atoms with E-state index in [-0.39, 0.29) is 5.82 Å². The van der Waals surface area contributed by atoms with Gasteiger partial charge in [0.15, 0.2) is 0 Å². The third kappa shape index (κ3) is 3.06. The molecule has 0 saturated carbocycles. The smallest absolute Gasteiger partial charge is 0.123 e. The van der Waals surface area contributed by atoms with Crippen LogP contribution in [0.3, 0.4) is 0 Å². The van der Waals surface area contributed by atoms with E-state index in [0.29, 0.717) is 10.8 Å². The summed E-state index contributed by atoms with van der Waals surface area (Å²) >= 11 is 7.18. The van der Waals surface area contributed by atoms with Crippen LogP contribution in [-0.4, -0.2) is 5.11 Å². The van der Waals surface area contributed by atoms with Gasteiger partial charge in [-0.05, 0) is 36.8 Å². The number of benzene rings is 1. The number of thiophene rings is 1. The fourth-order valence-corrected chi connectivity index (χ4v) is 2.82. The Morgan fingerprint density at radius 2 is 2.12 bits per heavy atom. The summed E-state index contributed by atoms with van der Waals surface area (Å²) in [5.74, 6) is -0.289. The molecule has 1 aromatic heterocycles. The Morgan fingerprint density at radius 3 is 2.71 bits per heavy atom. The monoisotopic (exact) mass is 270 g/mol. The van der Waals surface area contributed by atoms with Gasteiger partial charge in [0.05, 0.1) is 4.34 Å². The number of aliphatic hydroxyl groups is 1. The van der Waals surface area contributed by atoms with Crippen molar-refractivity contribution in [3.63, 3.8) is 0 Å². The van der Waals surface area contributed by atoms with Gasteiger partial charge in [0.2, 0.25) is 0 Å². The van der Waals surface area contributed by atoms with Crippen LogP contribution in [0.25, 0.3) is 0 Å². The minimum atomic E-state index is -1.02. The molecule has 4 heteroatoms. The minimum Gasteiger partial charge on any atom is -0.384 e.